The van der Waals surface area contributed by atoms with Crippen LogP contribution < -0.4 is 16.0 Å². The molecule has 1 atom stereocenters. The van der Waals surface area contributed by atoms with Gasteiger partial charge in [0.15, 0.2) is 0 Å². The summed E-state index contributed by atoms with van der Waals surface area (Å²) in [4.78, 5) is 8.23. The summed E-state index contributed by atoms with van der Waals surface area (Å²) >= 11 is 0. The highest BCUT2D eigenvalue weighted by molar-refractivity contribution is 5.17. The lowest BCUT2D eigenvalue weighted by Crippen LogP contribution is -2.33. The van der Waals surface area contributed by atoms with Crippen molar-refractivity contribution < 1.29 is 4.74 Å². The zero-order valence-electron chi connectivity index (χ0n) is 10.1. The topological polar surface area (TPSA) is 73.1 Å². The van der Waals surface area contributed by atoms with Crippen LogP contribution >= 0.6 is 0 Å². The molecule has 1 aromatic rings. The van der Waals surface area contributed by atoms with Crippen molar-refractivity contribution >= 4 is 0 Å². The minimum absolute atomic E-state index is 0.0481. The van der Waals surface area contributed by atoms with Gasteiger partial charge in [-0.25, -0.2) is 9.97 Å². The Balaban J connectivity index is 2.93. The number of hydrogen-bond donors (Lipinski definition) is 2. The number of hydrogen-bond acceptors (Lipinski definition) is 5. The van der Waals surface area contributed by atoms with Crippen LogP contribution in [0.25, 0.3) is 0 Å². The Labute approximate surface area is 96.4 Å². The number of nitrogens with two attached hydrogens (primary N) is 1. The lowest BCUT2D eigenvalue weighted by Gasteiger charge is -2.23. The molecular formula is C11H20N4O. The molecule has 16 heavy (non-hydrogen) atoms. The quantitative estimate of drug-likeness (QED) is 0.565. The van der Waals surface area contributed by atoms with E-state index in [4.69, 9.17) is 10.6 Å². The molecule has 0 spiro atoms. The molecule has 3 N–H and O–H groups in total. The second-order valence-corrected chi connectivity index (χ2v) is 3.71. The molecule has 1 heterocycles. The Kier molecular flexibility index (Phi) is 5.14. The second-order valence-electron chi connectivity index (χ2n) is 3.71. The van der Waals surface area contributed by atoms with E-state index in [0.29, 0.717) is 11.8 Å². The van der Waals surface area contributed by atoms with E-state index in [1.165, 1.54) is 6.33 Å². The number of methoxy groups -OCH3 is 1. The van der Waals surface area contributed by atoms with E-state index in [2.05, 4.69) is 29.2 Å². The number of ether oxygens (including phenoxy) is 1. The van der Waals surface area contributed by atoms with Crippen LogP contribution in [0, 0.1) is 5.92 Å². The van der Waals surface area contributed by atoms with Gasteiger partial charge in [0, 0.05) is 6.07 Å². The van der Waals surface area contributed by atoms with Crippen molar-refractivity contribution in [3.63, 3.8) is 0 Å². The van der Waals surface area contributed by atoms with E-state index in [-0.39, 0.29) is 6.04 Å². The highest BCUT2D eigenvalue weighted by Gasteiger charge is 2.20. The van der Waals surface area contributed by atoms with Crippen molar-refractivity contribution in [1.29, 1.82) is 0 Å². The van der Waals surface area contributed by atoms with Crippen LogP contribution in [-0.2, 0) is 0 Å². The van der Waals surface area contributed by atoms with Crippen LogP contribution in [0.3, 0.4) is 0 Å². The Bertz CT molecular complexity index is 315. The number of hydrazine groups is 1. The summed E-state index contributed by atoms with van der Waals surface area (Å²) in [5.74, 6) is 6.63. The van der Waals surface area contributed by atoms with Gasteiger partial charge in [0.2, 0.25) is 5.88 Å². The summed E-state index contributed by atoms with van der Waals surface area (Å²) in [5, 5.41) is 0. The largest absolute Gasteiger partial charge is 0.481 e. The molecule has 0 aliphatic heterocycles. The van der Waals surface area contributed by atoms with Gasteiger partial charge in [0.1, 0.15) is 6.33 Å². The van der Waals surface area contributed by atoms with Gasteiger partial charge in [0.05, 0.1) is 18.8 Å². The summed E-state index contributed by atoms with van der Waals surface area (Å²) in [7, 11) is 1.59. The molecular weight excluding hydrogens is 204 g/mol. The summed E-state index contributed by atoms with van der Waals surface area (Å²) < 4.78 is 5.08. The van der Waals surface area contributed by atoms with E-state index in [1.807, 2.05) is 6.07 Å². The van der Waals surface area contributed by atoms with Crippen molar-refractivity contribution in [1.82, 2.24) is 15.4 Å². The van der Waals surface area contributed by atoms with Crippen molar-refractivity contribution in [3.05, 3.63) is 18.1 Å². The molecule has 0 aromatic carbocycles. The zero-order chi connectivity index (χ0) is 12.0. The fraction of sp³-hybridized carbons (Fsp3) is 0.636. The third kappa shape index (κ3) is 2.90. The molecule has 0 aliphatic rings. The molecule has 0 radical (unpaired) electrons. The van der Waals surface area contributed by atoms with Crippen LogP contribution in [0.2, 0.25) is 0 Å². The smallest absolute Gasteiger partial charge is 0.216 e. The average molecular weight is 224 g/mol. The Morgan fingerprint density at radius 2 is 2.06 bits per heavy atom. The summed E-state index contributed by atoms with van der Waals surface area (Å²) in [6.45, 7) is 4.30. The van der Waals surface area contributed by atoms with E-state index in [0.717, 1.165) is 18.5 Å². The van der Waals surface area contributed by atoms with Crippen molar-refractivity contribution in [2.24, 2.45) is 11.8 Å². The lowest BCUT2D eigenvalue weighted by molar-refractivity contribution is 0.335. The van der Waals surface area contributed by atoms with Crippen LogP contribution in [0.5, 0.6) is 5.88 Å². The fourth-order valence-electron chi connectivity index (χ4n) is 1.86. The van der Waals surface area contributed by atoms with Gasteiger partial charge >= 0.3 is 0 Å². The lowest BCUT2D eigenvalue weighted by atomic mass is 9.92. The SMILES string of the molecule is CCC(CC)C(NN)c1cc(OC)ncn1. The van der Waals surface area contributed by atoms with Gasteiger partial charge in [-0.2, -0.15) is 0 Å². The second kappa shape index (κ2) is 6.40. The van der Waals surface area contributed by atoms with E-state index in [1.54, 1.807) is 7.11 Å². The maximum atomic E-state index is 5.60. The van der Waals surface area contributed by atoms with Crippen LogP contribution in [0.1, 0.15) is 38.4 Å². The van der Waals surface area contributed by atoms with Crippen molar-refractivity contribution in [2.75, 3.05) is 7.11 Å². The minimum Gasteiger partial charge on any atom is -0.481 e. The van der Waals surface area contributed by atoms with Gasteiger partial charge < -0.3 is 4.74 Å². The van der Waals surface area contributed by atoms with Crippen LogP contribution in [-0.4, -0.2) is 17.1 Å². The first-order valence-electron chi connectivity index (χ1n) is 5.58. The number of rotatable bonds is 6. The van der Waals surface area contributed by atoms with Crippen LogP contribution in [0.4, 0.5) is 0 Å². The van der Waals surface area contributed by atoms with E-state index < -0.39 is 0 Å². The maximum Gasteiger partial charge on any atom is 0.216 e. The van der Waals surface area contributed by atoms with Gasteiger partial charge in [-0.15, -0.1) is 0 Å². The minimum atomic E-state index is 0.0481. The maximum absolute atomic E-state index is 5.60. The number of nitrogens with zero attached hydrogens (tertiary/aromatic N) is 2. The average Bonchev–Trinajstić information content (AvgIpc) is 2.35. The molecule has 5 nitrogen and oxygen atoms in total. The molecule has 0 aliphatic carbocycles. The third-order valence-electron chi connectivity index (χ3n) is 2.89. The highest BCUT2D eigenvalue weighted by Crippen LogP contribution is 2.26. The molecule has 0 bridgehead atoms. The predicted octanol–water partition coefficient (Wildman–Crippen LogP) is 1.43. The molecule has 5 heteroatoms. The monoisotopic (exact) mass is 224 g/mol. The summed E-state index contributed by atoms with van der Waals surface area (Å²) in [6.07, 6.45) is 3.61. The normalized spacial score (nSPS) is 12.8. The molecule has 0 fully saturated rings. The van der Waals surface area contributed by atoms with E-state index in [9.17, 15) is 0 Å². The Morgan fingerprint density at radius 3 is 2.56 bits per heavy atom. The Hall–Kier alpha value is -1.20. The van der Waals surface area contributed by atoms with Crippen molar-refractivity contribution in [2.45, 2.75) is 32.7 Å². The first-order chi connectivity index (χ1) is 7.76. The van der Waals surface area contributed by atoms with E-state index >= 15 is 0 Å². The number of nitrogens with one attached hydrogen (secondary N) is 1. The molecule has 0 saturated carbocycles. The Morgan fingerprint density at radius 1 is 1.38 bits per heavy atom. The first-order valence-corrected chi connectivity index (χ1v) is 5.58. The standard InChI is InChI=1S/C11H20N4O/c1-4-8(5-2)11(15-12)9-6-10(16-3)14-7-13-9/h6-8,11,15H,4-5,12H2,1-3H3. The van der Waals surface area contributed by atoms with Gasteiger partial charge in [-0.05, 0) is 5.92 Å². The predicted molar refractivity (Wildman–Crippen MR) is 62.7 cm³/mol. The molecule has 90 valence electrons. The molecule has 0 amide bonds. The van der Waals surface area contributed by atoms with Crippen molar-refractivity contribution in [3.8, 4) is 5.88 Å². The van der Waals surface area contributed by atoms with Crippen LogP contribution in [0.15, 0.2) is 12.4 Å². The first kappa shape index (κ1) is 12.9. The van der Waals surface area contributed by atoms with Gasteiger partial charge in [-0.3, -0.25) is 11.3 Å². The summed E-state index contributed by atoms with van der Waals surface area (Å²) in [6, 6.07) is 1.87. The number of aromatic nitrogens is 2. The fourth-order valence-corrected chi connectivity index (χ4v) is 1.86. The highest BCUT2D eigenvalue weighted by atomic mass is 16.5. The summed E-state index contributed by atoms with van der Waals surface area (Å²) in [5.41, 5.74) is 3.70. The molecule has 1 aromatic heterocycles. The molecule has 1 rings (SSSR count). The molecule has 1 unspecified atom stereocenters. The zero-order valence-corrected chi connectivity index (χ0v) is 10.1. The molecule has 0 saturated heterocycles. The van der Waals surface area contributed by atoms with Gasteiger partial charge in [-0.1, -0.05) is 26.7 Å². The third-order valence-corrected chi connectivity index (χ3v) is 2.89. The van der Waals surface area contributed by atoms with Gasteiger partial charge in [0.25, 0.3) is 0 Å².